The van der Waals surface area contributed by atoms with E-state index in [0.29, 0.717) is 0 Å². The van der Waals surface area contributed by atoms with Crippen molar-refractivity contribution in [3.8, 4) is 0 Å². The average molecular weight is 223 g/mol. The molecule has 0 atom stereocenters. The molecule has 1 amide bonds. The molecule has 0 aromatic rings. The second-order valence-electron chi connectivity index (χ2n) is 5.00. The summed E-state index contributed by atoms with van der Waals surface area (Å²) in [4.78, 5) is 10.3. The van der Waals surface area contributed by atoms with E-state index in [1.165, 1.54) is 44.9 Å². The van der Waals surface area contributed by atoms with Crippen LogP contribution < -0.4 is 5.32 Å². The Labute approximate surface area is 99.5 Å². The number of nitrogens with one attached hydrogen (secondary N) is 1. The zero-order chi connectivity index (χ0) is 11.8. The van der Waals surface area contributed by atoms with E-state index in [1.807, 2.05) is 6.92 Å². The van der Waals surface area contributed by atoms with E-state index in [4.69, 9.17) is 0 Å². The fraction of sp³-hybridized carbons (Fsp3) is 0.786. The lowest BCUT2D eigenvalue weighted by Crippen LogP contribution is -2.14. The predicted molar refractivity (Wildman–Crippen MR) is 68.2 cm³/mol. The summed E-state index contributed by atoms with van der Waals surface area (Å²) in [6.45, 7) is 4.96. The number of amides is 1. The standard InChI is InChI=1S/C9H18.C5H7NO/c1-2-6-9-7-4-3-5-8-9;1-4-2-5(7)6-3-4/h9H,2-8H2,1H3;2H,3H2,1H3,(H,6,7). The van der Waals surface area contributed by atoms with Crippen molar-refractivity contribution in [1.82, 2.24) is 5.32 Å². The van der Waals surface area contributed by atoms with Crippen molar-refractivity contribution in [2.24, 2.45) is 5.92 Å². The van der Waals surface area contributed by atoms with Crippen molar-refractivity contribution in [2.75, 3.05) is 6.54 Å². The number of hydrogen-bond acceptors (Lipinski definition) is 1. The molecule has 0 unspecified atom stereocenters. The number of carbonyl (C=O) groups excluding carboxylic acids is 1. The Kier molecular flexibility index (Phi) is 6.20. The second-order valence-corrected chi connectivity index (χ2v) is 5.00. The van der Waals surface area contributed by atoms with Gasteiger partial charge in [-0.15, -0.1) is 0 Å². The van der Waals surface area contributed by atoms with E-state index in [0.717, 1.165) is 18.0 Å². The number of hydrogen-bond donors (Lipinski definition) is 1. The van der Waals surface area contributed by atoms with Crippen molar-refractivity contribution in [3.63, 3.8) is 0 Å². The van der Waals surface area contributed by atoms with Gasteiger partial charge in [0.25, 0.3) is 0 Å². The van der Waals surface area contributed by atoms with Crippen LogP contribution in [0.2, 0.25) is 0 Å². The van der Waals surface area contributed by atoms with Gasteiger partial charge in [0.2, 0.25) is 5.91 Å². The first-order chi connectivity index (χ1) is 7.72. The van der Waals surface area contributed by atoms with Gasteiger partial charge in [-0.25, -0.2) is 0 Å². The van der Waals surface area contributed by atoms with Crippen molar-refractivity contribution in [2.45, 2.75) is 58.8 Å². The molecule has 16 heavy (non-hydrogen) atoms. The fourth-order valence-corrected chi connectivity index (χ4v) is 2.44. The maximum atomic E-state index is 10.3. The molecule has 1 heterocycles. The highest BCUT2D eigenvalue weighted by Gasteiger charge is 2.11. The first kappa shape index (κ1) is 13.3. The van der Waals surface area contributed by atoms with Crippen LogP contribution >= 0.6 is 0 Å². The molecule has 1 aliphatic carbocycles. The summed E-state index contributed by atoms with van der Waals surface area (Å²) in [6.07, 6.45) is 12.0. The summed E-state index contributed by atoms with van der Waals surface area (Å²) < 4.78 is 0. The van der Waals surface area contributed by atoms with Crippen LogP contribution in [0.25, 0.3) is 0 Å². The highest BCUT2D eigenvalue weighted by atomic mass is 16.1. The Morgan fingerprint density at radius 1 is 1.31 bits per heavy atom. The number of rotatable bonds is 2. The molecule has 1 fully saturated rings. The SMILES string of the molecule is CC1=CC(=O)NC1.CCCC1CCCCC1. The van der Waals surface area contributed by atoms with E-state index < -0.39 is 0 Å². The molecule has 0 radical (unpaired) electrons. The molecule has 2 heteroatoms. The van der Waals surface area contributed by atoms with Crippen LogP contribution in [0.3, 0.4) is 0 Å². The smallest absolute Gasteiger partial charge is 0.244 e. The van der Waals surface area contributed by atoms with Crippen LogP contribution in [-0.4, -0.2) is 12.5 Å². The molecular formula is C14H25NO. The van der Waals surface area contributed by atoms with E-state index in [9.17, 15) is 4.79 Å². The van der Waals surface area contributed by atoms with Crippen molar-refractivity contribution in [1.29, 1.82) is 0 Å². The van der Waals surface area contributed by atoms with Crippen molar-refractivity contribution < 1.29 is 4.79 Å². The van der Waals surface area contributed by atoms with Gasteiger partial charge < -0.3 is 5.32 Å². The maximum Gasteiger partial charge on any atom is 0.244 e. The Balaban J connectivity index is 0.000000165. The third-order valence-corrected chi connectivity index (χ3v) is 3.34. The molecule has 0 spiro atoms. The van der Waals surface area contributed by atoms with E-state index in [1.54, 1.807) is 6.08 Å². The summed E-state index contributed by atoms with van der Waals surface area (Å²) in [7, 11) is 0. The fourth-order valence-electron chi connectivity index (χ4n) is 2.44. The van der Waals surface area contributed by atoms with Gasteiger partial charge in [0.15, 0.2) is 0 Å². The second kappa shape index (κ2) is 7.48. The predicted octanol–water partition coefficient (Wildman–Crippen LogP) is 3.43. The maximum absolute atomic E-state index is 10.3. The molecule has 2 aliphatic rings. The van der Waals surface area contributed by atoms with Crippen molar-refractivity contribution in [3.05, 3.63) is 11.6 Å². The highest BCUT2D eigenvalue weighted by molar-refractivity contribution is 5.90. The zero-order valence-corrected chi connectivity index (χ0v) is 10.7. The zero-order valence-electron chi connectivity index (χ0n) is 10.7. The average Bonchev–Trinajstić information content (AvgIpc) is 2.65. The summed E-state index contributed by atoms with van der Waals surface area (Å²) in [5.74, 6) is 1.14. The molecule has 2 nitrogen and oxygen atoms in total. The Morgan fingerprint density at radius 3 is 2.38 bits per heavy atom. The third kappa shape index (κ3) is 5.34. The molecule has 0 aromatic carbocycles. The van der Waals surface area contributed by atoms with Crippen LogP contribution in [0.4, 0.5) is 0 Å². The third-order valence-electron chi connectivity index (χ3n) is 3.34. The topological polar surface area (TPSA) is 29.1 Å². The molecule has 0 saturated heterocycles. The highest BCUT2D eigenvalue weighted by Crippen LogP contribution is 2.26. The van der Waals surface area contributed by atoms with Gasteiger partial charge in [-0.05, 0) is 18.4 Å². The summed E-state index contributed by atoms with van der Waals surface area (Å²) in [5.41, 5.74) is 1.12. The lowest BCUT2D eigenvalue weighted by atomic mass is 9.86. The lowest BCUT2D eigenvalue weighted by Gasteiger charge is -2.20. The number of carbonyl (C=O) groups is 1. The van der Waals surface area contributed by atoms with E-state index in [-0.39, 0.29) is 5.91 Å². The van der Waals surface area contributed by atoms with Crippen LogP contribution in [0.15, 0.2) is 11.6 Å². The molecule has 0 bridgehead atoms. The minimum Gasteiger partial charge on any atom is -0.349 e. The first-order valence-corrected chi connectivity index (χ1v) is 6.67. The molecule has 2 rings (SSSR count). The summed E-state index contributed by atoms with van der Waals surface area (Å²) in [6, 6.07) is 0. The van der Waals surface area contributed by atoms with Gasteiger partial charge in [0, 0.05) is 12.6 Å². The van der Waals surface area contributed by atoms with Crippen LogP contribution in [0.1, 0.15) is 58.8 Å². The van der Waals surface area contributed by atoms with Gasteiger partial charge in [-0.3, -0.25) is 4.79 Å². The minimum atomic E-state index is 0.0394. The van der Waals surface area contributed by atoms with Crippen molar-refractivity contribution >= 4 is 5.91 Å². The Morgan fingerprint density at radius 2 is 2.00 bits per heavy atom. The van der Waals surface area contributed by atoms with Gasteiger partial charge in [-0.1, -0.05) is 51.9 Å². The van der Waals surface area contributed by atoms with Crippen LogP contribution in [0, 0.1) is 5.92 Å². The van der Waals surface area contributed by atoms with Gasteiger partial charge in [-0.2, -0.15) is 0 Å². The summed E-state index contributed by atoms with van der Waals surface area (Å²) in [5, 5.41) is 2.64. The normalized spacial score (nSPS) is 20.9. The molecule has 92 valence electrons. The molecule has 1 aliphatic heterocycles. The lowest BCUT2D eigenvalue weighted by molar-refractivity contribution is -0.115. The van der Waals surface area contributed by atoms with Gasteiger partial charge in [0.05, 0.1) is 0 Å². The first-order valence-electron chi connectivity index (χ1n) is 6.67. The van der Waals surface area contributed by atoms with Crippen LogP contribution in [0.5, 0.6) is 0 Å². The molecule has 0 aromatic heterocycles. The monoisotopic (exact) mass is 223 g/mol. The van der Waals surface area contributed by atoms with E-state index >= 15 is 0 Å². The largest absolute Gasteiger partial charge is 0.349 e. The quantitative estimate of drug-likeness (QED) is 0.763. The molecule has 1 saturated carbocycles. The van der Waals surface area contributed by atoms with Gasteiger partial charge in [0.1, 0.15) is 0 Å². The molecule has 1 N–H and O–H groups in total. The summed E-state index contributed by atoms with van der Waals surface area (Å²) >= 11 is 0. The Hall–Kier alpha value is -0.790. The Bertz CT molecular complexity index is 236. The molecular weight excluding hydrogens is 198 g/mol. The van der Waals surface area contributed by atoms with Crippen LogP contribution in [-0.2, 0) is 4.79 Å². The minimum absolute atomic E-state index is 0.0394. The van der Waals surface area contributed by atoms with E-state index in [2.05, 4.69) is 12.2 Å². The van der Waals surface area contributed by atoms with Gasteiger partial charge >= 0.3 is 0 Å².